The van der Waals surface area contributed by atoms with Gasteiger partial charge in [0.2, 0.25) is 0 Å². The van der Waals surface area contributed by atoms with Gasteiger partial charge in [0.05, 0.1) is 34.7 Å². The summed E-state index contributed by atoms with van der Waals surface area (Å²) in [6.45, 7) is 13.0. The first-order valence-electron chi connectivity index (χ1n) is 12.6. The molecule has 2 N–H and O–H groups in total. The largest absolute Gasteiger partial charge is 0.458 e. The molecule has 35 heavy (non-hydrogen) atoms. The van der Waals surface area contributed by atoms with Crippen molar-refractivity contribution in [2.75, 3.05) is 0 Å². The van der Waals surface area contributed by atoms with Gasteiger partial charge in [0.25, 0.3) is 0 Å². The smallest absolute Gasteiger partial charge is 0.309 e. The van der Waals surface area contributed by atoms with Crippen molar-refractivity contribution in [1.82, 2.24) is 4.98 Å². The Morgan fingerprint density at radius 2 is 1.91 bits per heavy atom. The summed E-state index contributed by atoms with van der Waals surface area (Å²) in [5.41, 5.74) is 0.588. The van der Waals surface area contributed by atoms with Crippen LogP contribution in [0.1, 0.15) is 77.9 Å². The number of aryl methyl sites for hydroxylation is 1. The molecule has 1 aromatic heterocycles. The highest BCUT2D eigenvalue weighted by atomic mass is 32.1. The molecule has 0 saturated heterocycles. The summed E-state index contributed by atoms with van der Waals surface area (Å²) in [4.78, 5) is 30.7. The lowest BCUT2D eigenvalue weighted by Crippen LogP contribution is -2.45. The van der Waals surface area contributed by atoms with Gasteiger partial charge >= 0.3 is 5.97 Å². The monoisotopic (exact) mass is 503 g/mol. The van der Waals surface area contributed by atoms with Gasteiger partial charge in [0, 0.05) is 11.3 Å². The van der Waals surface area contributed by atoms with Crippen LogP contribution in [0.4, 0.5) is 0 Å². The molecule has 1 fully saturated rings. The number of carbonyl (C=O) groups is 2. The predicted octanol–water partition coefficient (Wildman–Crippen LogP) is 5.12. The molecule has 3 rings (SSSR count). The molecule has 1 aromatic rings. The number of fused-ring (bicyclic) bond motifs is 1. The second-order valence-corrected chi connectivity index (χ2v) is 12.6. The van der Waals surface area contributed by atoms with E-state index in [1.54, 1.807) is 32.1 Å². The Bertz CT molecular complexity index is 995. The number of aliphatic hydroxyl groups excluding tert-OH is 2. The van der Waals surface area contributed by atoms with E-state index < -0.39 is 35.6 Å². The molecular formula is C28H41NO5S. The lowest BCUT2D eigenvalue weighted by Gasteiger charge is -2.34. The van der Waals surface area contributed by atoms with Gasteiger partial charge in [0.15, 0.2) is 0 Å². The Balaban J connectivity index is 1.89. The van der Waals surface area contributed by atoms with Gasteiger partial charge in [-0.05, 0) is 62.0 Å². The normalized spacial score (nSPS) is 37.9. The molecule has 194 valence electrons. The lowest BCUT2D eigenvalue weighted by atomic mass is 9.73. The minimum Gasteiger partial charge on any atom is -0.458 e. The van der Waals surface area contributed by atoms with Crippen molar-refractivity contribution in [3.05, 3.63) is 33.8 Å². The van der Waals surface area contributed by atoms with Crippen LogP contribution in [0.5, 0.6) is 0 Å². The Morgan fingerprint density at radius 3 is 2.54 bits per heavy atom. The zero-order valence-corrected chi connectivity index (χ0v) is 22.9. The van der Waals surface area contributed by atoms with E-state index in [9.17, 15) is 19.8 Å². The molecule has 6 nitrogen and oxygen atoms in total. The number of rotatable bonds is 2. The third-order valence-corrected chi connectivity index (χ3v) is 8.89. The molecular weight excluding hydrogens is 462 g/mol. The number of ether oxygens (including phenoxy) is 1. The molecule has 7 atom stereocenters. The van der Waals surface area contributed by atoms with Crippen LogP contribution in [0, 0.1) is 35.5 Å². The van der Waals surface area contributed by atoms with E-state index in [0.29, 0.717) is 18.8 Å². The Hall–Kier alpha value is -1.83. The first-order valence-corrected chi connectivity index (χ1v) is 13.5. The van der Waals surface area contributed by atoms with E-state index in [1.165, 1.54) is 0 Å². The zero-order chi connectivity index (χ0) is 26.1. The number of nitrogens with zero attached hydrogens (tertiary/aromatic N) is 1. The molecule has 2 aliphatic rings. The van der Waals surface area contributed by atoms with Crippen molar-refractivity contribution in [1.29, 1.82) is 0 Å². The van der Waals surface area contributed by atoms with E-state index in [0.717, 1.165) is 22.7 Å². The number of aliphatic hydroxyl groups is 2. The van der Waals surface area contributed by atoms with Gasteiger partial charge in [-0.1, -0.05) is 46.8 Å². The van der Waals surface area contributed by atoms with Crippen molar-refractivity contribution in [2.45, 2.75) is 92.5 Å². The van der Waals surface area contributed by atoms with Gasteiger partial charge in [-0.3, -0.25) is 9.59 Å². The third-order valence-electron chi connectivity index (χ3n) is 8.09. The maximum atomic E-state index is 13.2. The first kappa shape index (κ1) is 27.8. The number of esters is 1. The van der Waals surface area contributed by atoms with Crippen molar-refractivity contribution in [3.63, 3.8) is 0 Å². The molecule has 0 bridgehead atoms. The molecule has 1 saturated carbocycles. The van der Waals surface area contributed by atoms with Crippen LogP contribution in [-0.2, 0) is 14.3 Å². The maximum Gasteiger partial charge on any atom is 0.309 e. The average Bonchev–Trinajstić information content (AvgIpc) is 3.22. The van der Waals surface area contributed by atoms with Crippen LogP contribution >= 0.6 is 11.3 Å². The summed E-state index contributed by atoms with van der Waals surface area (Å²) >= 11 is 1.57. The average molecular weight is 504 g/mol. The number of carbonyl (C=O) groups excluding carboxylic acids is 2. The fourth-order valence-corrected chi connectivity index (χ4v) is 5.67. The number of Topliss-reactive ketones (excluding diaryl/α,β-unsaturated/α-hetero) is 1. The van der Waals surface area contributed by atoms with E-state index in [4.69, 9.17) is 4.74 Å². The van der Waals surface area contributed by atoms with Crippen LogP contribution in [0.25, 0.3) is 6.08 Å². The van der Waals surface area contributed by atoms with Gasteiger partial charge < -0.3 is 14.9 Å². The van der Waals surface area contributed by atoms with Gasteiger partial charge in [-0.25, -0.2) is 4.98 Å². The third kappa shape index (κ3) is 6.49. The summed E-state index contributed by atoms with van der Waals surface area (Å²) in [5, 5.41) is 24.7. The number of ketones is 1. The summed E-state index contributed by atoms with van der Waals surface area (Å²) in [7, 11) is 0. The fourth-order valence-electron chi connectivity index (χ4n) is 5.10. The van der Waals surface area contributed by atoms with Crippen LogP contribution in [0.3, 0.4) is 0 Å². The van der Waals surface area contributed by atoms with E-state index in [2.05, 4.69) is 24.1 Å². The number of aromatic nitrogens is 1. The SMILES string of the molecule is C/C(=C\c1csc(C)n1)C1CC2CC2(C)/C=C\CC(C)C(O)C(C)C(=O)C(C)(C)C(O)CC(=O)O1. The second kappa shape index (κ2) is 10.7. The number of hydrogen-bond donors (Lipinski definition) is 2. The lowest BCUT2D eigenvalue weighted by molar-refractivity contribution is -0.154. The minimum absolute atomic E-state index is 0.0207. The summed E-state index contributed by atoms with van der Waals surface area (Å²) in [5.74, 6) is -1.18. The number of cyclic esters (lactones) is 1. The first-order chi connectivity index (χ1) is 16.2. The van der Waals surface area contributed by atoms with Crippen LogP contribution in [0.2, 0.25) is 0 Å². The van der Waals surface area contributed by atoms with Crippen LogP contribution in [0.15, 0.2) is 23.1 Å². The molecule has 7 heteroatoms. The fraction of sp³-hybridized carbons (Fsp3) is 0.679. The molecule has 0 spiro atoms. The molecule has 7 unspecified atom stereocenters. The van der Waals surface area contributed by atoms with Gasteiger partial charge in [-0.2, -0.15) is 0 Å². The van der Waals surface area contributed by atoms with Crippen molar-refractivity contribution < 1.29 is 24.5 Å². The van der Waals surface area contributed by atoms with Crippen LogP contribution < -0.4 is 0 Å². The number of thiazole rings is 1. The van der Waals surface area contributed by atoms with Crippen molar-refractivity contribution >= 4 is 29.2 Å². The number of hydrogen-bond acceptors (Lipinski definition) is 7. The summed E-state index contributed by atoms with van der Waals surface area (Å²) < 4.78 is 5.92. The molecule has 2 heterocycles. The van der Waals surface area contributed by atoms with Gasteiger partial charge in [-0.15, -0.1) is 11.3 Å². The quantitative estimate of drug-likeness (QED) is 0.429. The standard InChI is InChI=1S/C28H41NO5S/c1-16-9-8-10-28(7)14-20(28)12-22(17(2)11-21-15-35-19(4)29-21)34-24(31)13-23(30)27(5,6)26(33)18(3)25(16)32/h8,10-11,15-16,18,20,22-23,25,30,32H,9,12-14H2,1-7H3/b10-8-,17-11+. The van der Waals surface area contributed by atoms with Crippen LogP contribution in [-0.4, -0.2) is 45.3 Å². The highest BCUT2D eigenvalue weighted by Crippen LogP contribution is 2.56. The topological polar surface area (TPSA) is 96.7 Å². The molecule has 0 aromatic carbocycles. The molecule has 0 amide bonds. The maximum absolute atomic E-state index is 13.2. The van der Waals surface area contributed by atoms with Gasteiger partial charge in [0.1, 0.15) is 11.9 Å². The molecule has 0 radical (unpaired) electrons. The van der Waals surface area contributed by atoms with E-state index >= 15 is 0 Å². The highest BCUT2D eigenvalue weighted by molar-refractivity contribution is 7.09. The van der Waals surface area contributed by atoms with Crippen molar-refractivity contribution in [3.8, 4) is 0 Å². The van der Waals surface area contributed by atoms with E-state index in [-0.39, 0.29) is 23.5 Å². The minimum atomic E-state index is -1.21. The molecule has 1 aliphatic heterocycles. The second-order valence-electron chi connectivity index (χ2n) is 11.5. The zero-order valence-electron chi connectivity index (χ0n) is 22.1. The number of allylic oxidation sites excluding steroid dienone is 2. The van der Waals surface area contributed by atoms with Crippen molar-refractivity contribution in [2.24, 2.45) is 28.6 Å². The predicted molar refractivity (Wildman–Crippen MR) is 139 cm³/mol. The molecule has 1 aliphatic carbocycles. The highest BCUT2D eigenvalue weighted by Gasteiger charge is 2.49. The summed E-state index contributed by atoms with van der Waals surface area (Å²) in [6, 6.07) is 0. The Labute approximate surface area is 213 Å². The summed E-state index contributed by atoms with van der Waals surface area (Å²) in [6.07, 6.45) is 5.91. The van der Waals surface area contributed by atoms with E-state index in [1.807, 2.05) is 32.2 Å². The Morgan fingerprint density at radius 1 is 1.23 bits per heavy atom. The Kier molecular flexibility index (Phi) is 8.45.